The van der Waals surface area contributed by atoms with Gasteiger partial charge in [0.05, 0.1) is 0 Å². The van der Waals surface area contributed by atoms with Crippen molar-refractivity contribution in [2.75, 3.05) is 0 Å². The molecule has 0 aliphatic rings. The highest BCUT2D eigenvalue weighted by molar-refractivity contribution is 14.1. The maximum Gasteiger partial charge on any atom is 0.343 e. The van der Waals surface area contributed by atoms with Gasteiger partial charge in [-0.15, -0.1) is 11.1 Å². The summed E-state index contributed by atoms with van der Waals surface area (Å²) >= 11 is 8.17. The van der Waals surface area contributed by atoms with E-state index in [-0.39, 0.29) is 0 Å². The van der Waals surface area contributed by atoms with Gasteiger partial charge in [-0.05, 0) is 26.2 Å². The van der Waals surface area contributed by atoms with Crippen LogP contribution in [0.4, 0.5) is 0 Å². The average molecular weight is 295 g/mol. The molecule has 0 aromatic heterocycles. The highest BCUT2D eigenvalue weighted by atomic mass is 127. The van der Waals surface area contributed by atoms with E-state index in [4.69, 9.17) is 15.2 Å². The van der Waals surface area contributed by atoms with Gasteiger partial charge in [-0.1, -0.05) is 21.8 Å². The molecule has 0 radical (unpaired) electrons. The lowest BCUT2D eigenvalue weighted by Crippen LogP contribution is -2.36. The summed E-state index contributed by atoms with van der Waals surface area (Å²) in [5, 5.41) is -1.79. The Hall–Kier alpha value is 1.41. The van der Waals surface area contributed by atoms with Crippen molar-refractivity contribution in [2.24, 2.45) is 0 Å². The summed E-state index contributed by atoms with van der Waals surface area (Å²) in [6.45, 7) is 8.45. The van der Waals surface area contributed by atoms with Crippen LogP contribution < -0.4 is 0 Å². The van der Waals surface area contributed by atoms with Gasteiger partial charge in [-0.25, -0.2) is 0 Å². The summed E-state index contributed by atoms with van der Waals surface area (Å²) in [6.07, 6.45) is 0. The van der Waals surface area contributed by atoms with E-state index in [0.717, 1.165) is 0 Å². The van der Waals surface area contributed by atoms with Crippen LogP contribution in [0.1, 0.15) is 0 Å². The van der Waals surface area contributed by atoms with Gasteiger partial charge in [-0.3, -0.25) is 0 Å². The number of rotatable bonds is 2. The molecule has 0 heterocycles. The van der Waals surface area contributed by atoms with Gasteiger partial charge < -0.3 is 4.12 Å². The molecule has 56 valence electrons. The zero-order valence-electron chi connectivity index (χ0n) is 6.16. The van der Waals surface area contributed by atoms with Crippen molar-refractivity contribution >= 4 is 46.3 Å². The first kappa shape index (κ1) is 10.4. The minimum Gasteiger partial charge on any atom is -0.438 e. The summed E-state index contributed by atoms with van der Waals surface area (Å²) in [7, 11) is -1.37. The molecule has 1 unspecified atom stereocenters. The van der Waals surface area contributed by atoms with Crippen LogP contribution in [0.5, 0.6) is 0 Å². The molecule has 0 fully saturated rings. The second-order valence-electron chi connectivity index (χ2n) is 3.02. The first-order chi connectivity index (χ1) is 3.71. The van der Waals surface area contributed by atoms with E-state index in [1.54, 1.807) is 0 Å². The van der Waals surface area contributed by atoms with Crippen molar-refractivity contribution in [3.05, 3.63) is 0 Å². The third kappa shape index (κ3) is 9.41. The van der Waals surface area contributed by atoms with Crippen molar-refractivity contribution in [3.63, 3.8) is 0 Å². The van der Waals surface area contributed by atoms with E-state index in [2.05, 4.69) is 41.4 Å². The topological polar surface area (TPSA) is 9.23 Å². The summed E-state index contributed by atoms with van der Waals surface area (Å²) in [4.78, 5) is 0. The molecule has 0 aromatic rings. The van der Waals surface area contributed by atoms with Crippen molar-refractivity contribution < 1.29 is 4.12 Å². The Balaban J connectivity index is 3.75. The SMILES string of the molecule is C[Si](C)(C)O[Si](C)(Cl)I. The number of hydrogen-bond acceptors (Lipinski definition) is 1. The second kappa shape index (κ2) is 3.21. The molecule has 0 aliphatic carbocycles. The van der Waals surface area contributed by atoms with Crippen LogP contribution >= 0.6 is 32.9 Å². The first-order valence-corrected chi connectivity index (χ1v) is 12.7. The fraction of sp³-hybridized carbons (Fsp3) is 1.00. The minimum absolute atomic E-state index is 1.37. The molecule has 0 aromatic carbocycles. The fourth-order valence-electron chi connectivity index (χ4n) is 0.538. The van der Waals surface area contributed by atoms with Crippen LogP contribution in [-0.4, -0.2) is 13.4 Å². The zero-order valence-corrected chi connectivity index (χ0v) is 11.1. The van der Waals surface area contributed by atoms with Crippen molar-refractivity contribution in [2.45, 2.75) is 26.2 Å². The van der Waals surface area contributed by atoms with Crippen LogP contribution in [0.15, 0.2) is 0 Å². The van der Waals surface area contributed by atoms with E-state index in [1.807, 2.05) is 6.55 Å². The molecule has 1 nitrogen and oxygen atoms in total. The average Bonchev–Trinajstić information content (AvgIpc) is 1.14. The van der Waals surface area contributed by atoms with Crippen molar-refractivity contribution in [3.8, 4) is 0 Å². The molecule has 0 N–H and O–H groups in total. The number of halogens is 2. The highest BCUT2D eigenvalue weighted by Gasteiger charge is 2.29. The second-order valence-corrected chi connectivity index (χ2v) is 19.9. The highest BCUT2D eigenvalue weighted by Crippen LogP contribution is 2.23. The summed E-state index contributed by atoms with van der Waals surface area (Å²) in [5.41, 5.74) is 0. The van der Waals surface area contributed by atoms with Crippen LogP contribution in [0.3, 0.4) is 0 Å². The van der Waals surface area contributed by atoms with Gasteiger partial charge in [0.1, 0.15) is 0 Å². The van der Waals surface area contributed by atoms with Crippen molar-refractivity contribution in [1.29, 1.82) is 0 Å². The third-order valence-corrected chi connectivity index (χ3v) is 7.04. The smallest absolute Gasteiger partial charge is 0.343 e. The maximum atomic E-state index is 5.96. The Morgan fingerprint density at radius 1 is 1.22 bits per heavy atom. The maximum absolute atomic E-state index is 5.96. The summed E-state index contributed by atoms with van der Waals surface area (Å²) in [6, 6.07) is 0. The summed E-state index contributed by atoms with van der Waals surface area (Å²) < 4.78 is 5.65. The molecule has 0 bridgehead atoms. The van der Waals surface area contributed by atoms with E-state index in [9.17, 15) is 0 Å². The standard InChI is InChI=1S/C4H12ClIOSi2/c1-8(2,3)7-9(4,5)6/h1-4H3. The molecule has 0 saturated carbocycles. The Morgan fingerprint density at radius 2 is 1.56 bits per heavy atom. The fourth-order valence-corrected chi connectivity index (χ4v) is 12.9. The Labute approximate surface area is 76.3 Å². The van der Waals surface area contributed by atoms with E-state index in [0.29, 0.717) is 0 Å². The lowest BCUT2D eigenvalue weighted by molar-refractivity contribution is 0.592. The van der Waals surface area contributed by atoms with Crippen LogP contribution in [0.25, 0.3) is 0 Å². The van der Waals surface area contributed by atoms with Crippen LogP contribution in [0, 0.1) is 0 Å². The predicted molar refractivity (Wildman–Crippen MR) is 55.9 cm³/mol. The first-order valence-electron chi connectivity index (χ1n) is 2.79. The minimum atomic E-state index is -1.79. The van der Waals surface area contributed by atoms with Crippen LogP contribution in [-0.2, 0) is 4.12 Å². The molecular formula is C4H12ClIOSi2. The Bertz CT molecular complexity index is 83.7. The van der Waals surface area contributed by atoms with Crippen LogP contribution in [0.2, 0.25) is 26.2 Å². The normalized spacial score (nSPS) is 19.3. The lowest BCUT2D eigenvalue weighted by atomic mass is 11.8. The monoisotopic (exact) mass is 294 g/mol. The molecule has 1 atom stereocenters. The van der Waals surface area contributed by atoms with Gasteiger partial charge in [0.15, 0.2) is 8.32 Å². The lowest BCUT2D eigenvalue weighted by Gasteiger charge is -2.23. The zero-order chi connectivity index (χ0) is 7.71. The molecule has 0 spiro atoms. The van der Waals surface area contributed by atoms with Gasteiger partial charge >= 0.3 is 5.12 Å². The van der Waals surface area contributed by atoms with E-state index >= 15 is 0 Å². The van der Waals surface area contributed by atoms with Gasteiger partial charge in [-0.2, -0.15) is 0 Å². The van der Waals surface area contributed by atoms with Gasteiger partial charge in [0.2, 0.25) is 0 Å². The molecule has 5 heteroatoms. The molecule has 9 heavy (non-hydrogen) atoms. The molecular weight excluding hydrogens is 283 g/mol. The van der Waals surface area contributed by atoms with Gasteiger partial charge in [0.25, 0.3) is 0 Å². The van der Waals surface area contributed by atoms with E-state index < -0.39 is 13.4 Å². The predicted octanol–water partition coefficient (Wildman–Crippen LogP) is 3.08. The largest absolute Gasteiger partial charge is 0.438 e. The molecule has 0 aliphatic heterocycles. The van der Waals surface area contributed by atoms with E-state index in [1.165, 1.54) is 0 Å². The Kier molecular flexibility index (Phi) is 3.71. The Morgan fingerprint density at radius 3 is 1.56 bits per heavy atom. The summed E-state index contributed by atoms with van der Waals surface area (Å²) in [5.74, 6) is 0. The molecule has 0 saturated heterocycles. The third-order valence-electron chi connectivity index (χ3n) is 0.485. The quantitative estimate of drug-likeness (QED) is 0.432. The molecule has 0 amide bonds. The van der Waals surface area contributed by atoms with Crippen molar-refractivity contribution in [1.82, 2.24) is 0 Å². The van der Waals surface area contributed by atoms with Gasteiger partial charge in [0, 0.05) is 0 Å². The molecule has 0 rings (SSSR count). The number of hydrogen-bond donors (Lipinski definition) is 0.